The average Bonchev–Trinajstić information content (AvgIpc) is 2.53. The summed E-state index contributed by atoms with van der Waals surface area (Å²) in [6.07, 6.45) is -0.264. The number of nitrogens with two attached hydrogens (primary N) is 1. The van der Waals surface area contributed by atoms with Crippen LogP contribution in [-0.2, 0) is 6.61 Å². The molecule has 0 aliphatic carbocycles. The Kier molecular flexibility index (Phi) is 5.20. The van der Waals surface area contributed by atoms with Gasteiger partial charge in [0.1, 0.15) is 6.10 Å². The zero-order chi connectivity index (χ0) is 15.2. The highest BCUT2D eigenvalue weighted by molar-refractivity contribution is 5.43. The zero-order valence-electron chi connectivity index (χ0n) is 12.3. The lowest BCUT2D eigenvalue weighted by Gasteiger charge is -2.24. The highest BCUT2D eigenvalue weighted by atomic mass is 16.5. The molecule has 4 nitrogen and oxygen atoms in total. The second kappa shape index (κ2) is 7.11. The third kappa shape index (κ3) is 3.74. The lowest BCUT2D eigenvalue weighted by molar-refractivity contribution is 0.173. The molecule has 3 N–H and O–H groups in total. The van der Waals surface area contributed by atoms with Crippen LogP contribution in [0.5, 0.6) is 11.5 Å². The van der Waals surface area contributed by atoms with Crippen molar-refractivity contribution >= 4 is 0 Å². The summed E-state index contributed by atoms with van der Waals surface area (Å²) in [7, 11) is 1.58. The van der Waals surface area contributed by atoms with Crippen molar-refractivity contribution in [1.82, 2.24) is 0 Å². The first-order valence-corrected chi connectivity index (χ1v) is 6.90. The van der Waals surface area contributed by atoms with Crippen LogP contribution < -0.4 is 15.2 Å². The molecule has 0 heterocycles. The monoisotopic (exact) mass is 287 g/mol. The normalized spacial score (nSPS) is 13.5. The summed E-state index contributed by atoms with van der Waals surface area (Å²) in [5.74, 6) is 1.20. The summed E-state index contributed by atoms with van der Waals surface area (Å²) in [5.41, 5.74) is 7.85. The van der Waals surface area contributed by atoms with E-state index in [9.17, 15) is 5.11 Å². The van der Waals surface area contributed by atoms with Gasteiger partial charge in [-0.1, -0.05) is 36.4 Å². The van der Waals surface area contributed by atoms with E-state index < -0.39 is 0 Å². The Morgan fingerprint density at radius 2 is 1.81 bits per heavy atom. The molecule has 4 heteroatoms. The second-order valence-electron chi connectivity index (χ2n) is 4.95. The predicted octanol–water partition coefficient (Wildman–Crippen LogP) is 2.65. The van der Waals surface area contributed by atoms with E-state index in [2.05, 4.69) is 0 Å². The number of hydrogen-bond acceptors (Lipinski definition) is 4. The van der Waals surface area contributed by atoms with E-state index in [0.717, 1.165) is 11.1 Å². The quantitative estimate of drug-likeness (QED) is 0.857. The molecule has 0 aromatic heterocycles. The first kappa shape index (κ1) is 15.4. The summed E-state index contributed by atoms with van der Waals surface area (Å²) in [4.78, 5) is 0. The van der Waals surface area contributed by atoms with E-state index in [1.54, 1.807) is 25.3 Å². The number of aliphatic hydroxyl groups is 1. The van der Waals surface area contributed by atoms with E-state index in [1.165, 1.54) is 0 Å². The maximum Gasteiger partial charge on any atom is 0.162 e. The first-order valence-electron chi connectivity index (χ1n) is 6.90. The van der Waals surface area contributed by atoms with Crippen molar-refractivity contribution < 1.29 is 14.6 Å². The fourth-order valence-electron chi connectivity index (χ4n) is 2.17. The maximum atomic E-state index is 9.18. The molecular formula is C17H21NO3. The van der Waals surface area contributed by atoms with Gasteiger partial charge in [0, 0.05) is 6.04 Å². The second-order valence-corrected chi connectivity index (χ2v) is 4.95. The van der Waals surface area contributed by atoms with Crippen molar-refractivity contribution in [3.63, 3.8) is 0 Å². The molecule has 2 unspecified atom stereocenters. The smallest absolute Gasteiger partial charge is 0.162 e. The summed E-state index contributed by atoms with van der Waals surface area (Å²) in [5, 5.41) is 9.18. The van der Waals surface area contributed by atoms with Crippen LogP contribution in [0.15, 0.2) is 48.5 Å². The van der Waals surface area contributed by atoms with Crippen molar-refractivity contribution in [3.05, 3.63) is 59.7 Å². The van der Waals surface area contributed by atoms with Gasteiger partial charge in [0.2, 0.25) is 0 Å². The van der Waals surface area contributed by atoms with Gasteiger partial charge < -0.3 is 20.3 Å². The SMILES string of the molecule is COc1cc(CO)ccc1OC(c1ccccc1)C(C)N. The minimum atomic E-state index is -0.264. The van der Waals surface area contributed by atoms with Crippen LogP contribution in [0.3, 0.4) is 0 Å². The summed E-state index contributed by atoms with van der Waals surface area (Å²) in [6.45, 7) is 1.87. The number of aliphatic hydroxyl groups excluding tert-OH is 1. The highest BCUT2D eigenvalue weighted by Crippen LogP contribution is 2.33. The van der Waals surface area contributed by atoms with Gasteiger partial charge in [-0.2, -0.15) is 0 Å². The topological polar surface area (TPSA) is 64.7 Å². The van der Waals surface area contributed by atoms with Crippen molar-refractivity contribution in [2.75, 3.05) is 7.11 Å². The molecule has 0 fully saturated rings. The van der Waals surface area contributed by atoms with Gasteiger partial charge in [-0.3, -0.25) is 0 Å². The number of rotatable bonds is 6. The average molecular weight is 287 g/mol. The lowest BCUT2D eigenvalue weighted by atomic mass is 10.0. The maximum absolute atomic E-state index is 9.18. The van der Waals surface area contributed by atoms with Crippen LogP contribution in [-0.4, -0.2) is 18.3 Å². The zero-order valence-corrected chi connectivity index (χ0v) is 12.3. The third-order valence-electron chi connectivity index (χ3n) is 3.27. The highest BCUT2D eigenvalue weighted by Gasteiger charge is 2.19. The van der Waals surface area contributed by atoms with Gasteiger partial charge in [-0.05, 0) is 30.2 Å². The van der Waals surface area contributed by atoms with Crippen LogP contribution in [0, 0.1) is 0 Å². The Morgan fingerprint density at radius 3 is 2.38 bits per heavy atom. The molecule has 2 rings (SSSR count). The van der Waals surface area contributed by atoms with Crippen molar-refractivity contribution in [2.45, 2.75) is 25.7 Å². The Bertz CT molecular complexity index is 570. The first-order chi connectivity index (χ1) is 10.2. The molecule has 112 valence electrons. The standard InChI is InChI=1S/C17H21NO3/c1-12(18)17(14-6-4-3-5-7-14)21-15-9-8-13(11-19)10-16(15)20-2/h3-10,12,17,19H,11,18H2,1-2H3. The Balaban J connectivity index is 2.29. The van der Waals surface area contributed by atoms with Gasteiger partial charge in [-0.25, -0.2) is 0 Å². The van der Waals surface area contributed by atoms with Gasteiger partial charge in [0.25, 0.3) is 0 Å². The molecule has 2 atom stereocenters. The molecule has 0 saturated heterocycles. The summed E-state index contributed by atoms with van der Waals surface area (Å²) >= 11 is 0. The third-order valence-corrected chi connectivity index (χ3v) is 3.27. The van der Waals surface area contributed by atoms with Gasteiger partial charge in [-0.15, -0.1) is 0 Å². The molecule has 0 spiro atoms. The molecule has 2 aromatic rings. The molecule has 0 aliphatic rings. The summed E-state index contributed by atoms with van der Waals surface area (Å²) in [6, 6.07) is 15.0. The Hall–Kier alpha value is -2.04. The van der Waals surface area contributed by atoms with Crippen LogP contribution >= 0.6 is 0 Å². The van der Waals surface area contributed by atoms with Crippen molar-refractivity contribution in [3.8, 4) is 11.5 Å². The van der Waals surface area contributed by atoms with Crippen LogP contribution in [0.25, 0.3) is 0 Å². The summed E-state index contributed by atoms with van der Waals surface area (Å²) < 4.78 is 11.4. The van der Waals surface area contributed by atoms with Gasteiger partial charge in [0.15, 0.2) is 11.5 Å². The molecule has 2 aromatic carbocycles. The Morgan fingerprint density at radius 1 is 1.10 bits per heavy atom. The van der Waals surface area contributed by atoms with E-state index >= 15 is 0 Å². The van der Waals surface area contributed by atoms with Crippen molar-refractivity contribution in [1.29, 1.82) is 0 Å². The molecule has 0 amide bonds. The fraction of sp³-hybridized carbons (Fsp3) is 0.294. The van der Waals surface area contributed by atoms with Crippen molar-refractivity contribution in [2.24, 2.45) is 5.73 Å². The Labute approximate surface area is 125 Å². The van der Waals surface area contributed by atoms with Crippen LogP contribution in [0.2, 0.25) is 0 Å². The van der Waals surface area contributed by atoms with E-state index in [4.69, 9.17) is 15.2 Å². The van der Waals surface area contributed by atoms with Crippen LogP contribution in [0.1, 0.15) is 24.2 Å². The van der Waals surface area contributed by atoms with Gasteiger partial charge >= 0.3 is 0 Å². The molecular weight excluding hydrogens is 266 g/mol. The van der Waals surface area contributed by atoms with E-state index in [1.807, 2.05) is 37.3 Å². The minimum absolute atomic E-state index is 0.0357. The van der Waals surface area contributed by atoms with Gasteiger partial charge in [0.05, 0.1) is 13.7 Å². The number of hydrogen-bond donors (Lipinski definition) is 2. The number of ether oxygens (including phenoxy) is 2. The van der Waals surface area contributed by atoms with Crippen LogP contribution in [0.4, 0.5) is 0 Å². The van der Waals surface area contributed by atoms with E-state index in [0.29, 0.717) is 11.5 Å². The molecule has 0 aliphatic heterocycles. The minimum Gasteiger partial charge on any atom is -0.493 e. The number of benzene rings is 2. The largest absolute Gasteiger partial charge is 0.493 e. The molecule has 21 heavy (non-hydrogen) atoms. The molecule has 0 saturated carbocycles. The fourth-order valence-corrected chi connectivity index (χ4v) is 2.17. The lowest BCUT2D eigenvalue weighted by Crippen LogP contribution is -2.29. The predicted molar refractivity (Wildman–Crippen MR) is 82.4 cm³/mol. The molecule has 0 radical (unpaired) electrons. The number of methoxy groups -OCH3 is 1. The van der Waals surface area contributed by atoms with E-state index in [-0.39, 0.29) is 18.8 Å². The molecule has 0 bridgehead atoms.